The van der Waals surface area contributed by atoms with Gasteiger partial charge in [0.1, 0.15) is 5.75 Å². The van der Waals surface area contributed by atoms with Crippen molar-refractivity contribution in [2.24, 2.45) is 5.10 Å². The minimum atomic E-state index is 0.621. The molecule has 5 heteroatoms. The number of ether oxygens (including phenoxy) is 1. The predicted octanol–water partition coefficient (Wildman–Crippen LogP) is 4.83. The van der Waals surface area contributed by atoms with Gasteiger partial charge in [-0.25, -0.2) is 0 Å². The number of para-hydroxylation sites is 1. The molecule has 1 N–H and O–H groups in total. The van der Waals surface area contributed by atoms with Crippen LogP contribution in [0.4, 0.5) is 0 Å². The minimum absolute atomic E-state index is 0.621. The summed E-state index contributed by atoms with van der Waals surface area (Å²) in [4.78, 5) is 0. The molecule has 0 bridgehead atoms. The Labute approximate surface area is 168 Å². The van der Waals surface area contributed by atoms with Gasteiger partial charge in [0.15, 0.2) is 0 Å². The predicted molar refractivity (Wildman–Crippen MR) is 115 cm³/mol. The van der Waals surface area contributed by atoms with Gasteiger partial charge in [-0.2, -0.15) is 5.10 Å². The van der Waals surface area contributed by atoms with Crippen molar-refractivity contribution in [2.45, 2.75) is 20.4 Å². The number of hydrogen-bond donors (Lipinski definition) is 1. The van der Waals surface area contributed by atoms with Gasteiger partial charge in [-0.15, -0.1) is 0 Å². The van der Waals surface area contributed by atoms with Gasteiger partial charge in [-0.1, -0.05) is 18.2 Å². The first-order chi connectivity index (χ1) is 12.6. The fourth-order valence-corrected chi connectivity index (χ4v) is 3.36. The maximum Gasteiger partial charge on any atom is 0.123 e. The van der Waals surface area contributed by atoms with Gasteiger partial charge in [-0.05, 0) is 72.8 Å². The smallest absolute Gasteiger partial charge is 0.123 e. The molecule has 1 heterocycles. The topological polar surface area (TPSA) is 38.5 Å². The van der Waals surface area contributed by atoms with Crippen molar-refractivity contribution in [1.29, 1.82) is 0 Å². The number of aromatic nitrogens is 1. The number of aryl methyl sites for hydroxylation is 1. The molecule has 0 fully saturated rings. The highest BCUT2D eigenvalue weighted by Crippen LogP contribution is 2.21. The molecule has 1 aromatic heterocycles. The minimum Gasteiger partial charge on any atom is -0.496 e. The van der Waals surface area contributed by atoms with Crippen molar-refractivity contribution in [2.75, 3.05) is 7.11 Å². The SMILES string of the molecule is COc1ccccc1CN/N=C/c1cc(C)n(-c2ccc(I)cc2)c1C. The lowest BCUT2D eigenvalue weighted by Gasteiger charge is -2.09. The molecule has 4 nitrogen and oxygen atoms in total. The molecular formula is C21H22IN3O. The van der Waals surface area contributed by atoms with Crippen molar-refractivity contribution in [1.82, 2.24) is 9.99 Å². The third kappa shape index (κ3) is 4.09. The molecule has 26 heavy (non-hydrogen) atoms. The van der Waals surface area contributed by atoms with E-state index in [2.05, 4.69) is 81.9 Å². The fourth-order valence-electron chi connectivity index (χ4n) is 3.00. The van der Waals surface area contributed by atoms with Gasteiger partial charge in [0.05, 0.1) is 19.9 Å². The normalized spacial score (nSPS) is 11.1. The summed E-state index contributed by atoms with van der Waals surface area (Å²) in [7, 11) is 1.68. The summed E-state index contributed by atoms with van der Waals surface area (Å²) in [5.74, 6) is 0.868. The summed E-state index contributed by atoms with van der Waals surface area (Å²) in [5, 5.41) is 4.39. The third-order valence-corrected chi connectivity index (χ3v) is 5.03. The number of halogens is 1. The quantitative estimate of drug-likeness (QED) is 0.326. The highest BCUT2D eigenvalue weighted by Gasteiger charge is 2.09. The van der Waals surface area contributed by atoms with Crippen LogP contribution in [-0.2, 0) is 6.54 Å². The molecule has 0 aliphatic rings. The lowest BCUT2D eigenvalue weighted by atomic mass is 10.2. The lowest BCUT2D eigenvalue weighted by Crippen LogP contribution is -2.07. The summed E-state index contributed by atoms with van der Waals surface area (Å²) in [6, 6.07) is 18.6. The van der Waals surface area contributed by atoms with E-state index in [9.17, 15) is 0 Å². The second-order valence-electron chi connectivity index (χ2n) is 6.04. The Morgan fingerprint density at radius 2 is 1.85 bits per heavy atom. The monoisotopic (exact) mass is 459 g/mol. The largest absolute Gasteiger partial charge is 0.496 e. The first-order valence-electron chi connectivity index (χ1n) is 8.43. The molecule has 0 atom stereocenters. The molecule has 0 saturated heterocycles. The molecule has 0 aliphatic heterocycles. The molecule has 2 aromatic carbocycles. The Balaban J connectivity index is 1.73. The lowest BCUT2D eigenvalue weighted by molar-refractivity contribution is 0.408. The van der Waals surface area contributed by atoms with Crippen LogP contribution < -0.4 is 10.2 Å². The first kappa shape index (κ1) is 18.5. The third-order valence-electron chi connectivity index (χ3n) is 4.31. The zero-order valence-electron chi connectivity index (χ0n) is 15.2. The number of nitrogens with zero attached hydrogens (tertiary/aromatic N) is 2. The van der Waals surface area contributed by atoms with E-state index in [0.29, 0.717) is 6.54 Å². The van der Waals surface area contributed by atoms with Crippen molar-refractivity contribution in [3.8, 4) is 11.4 Å². The summed E-state index contributed by atoms with van der Waals surface area (Å²) in [5.41, 5.74) is 8.82. The van der Waals surface area contributed by atoms with E-state index in [0.717, 1.165) is 16.9 Å². The van der Waals surface area contributed by atoms with E-state index >= 15 is 0 Å². The van der Waals surface area contributed by atoms with Gasteiger partial charge in [-0.3, -0.25) is 0 Å². The molecule has 0 unspecified atom stereocenters. The highest BCUT2D eigenvalue weighted by molar-refractivity contribution is 14.1. The van der Waals surface area contributed by atoms with Crippen LogP contribution in [0.1, 0.15) is 22.5 Å². The number of rotatable bonds is 6. The number of benzene rings is 2. The van der Waals surface area contributed by atoms with Crippen LogP contribution in [0, 0.1) is 17.4 Å². The molecule has 0 aliphatic carbocycles. The van der Waals surface area contributed by atoms with Gasteiger partial charge in [0.25, 0.3) is 0 Å². The number of methoxy groups -OCH3 is 1. The summed E-state index contributed by atoms with van der Waals surface area (Å²) in [6.45, 7) is 4.85. The van der Waals surface area contributed by atoms with Crippen LogP contribution >= 0.6 is 22.6 Å². The van der Waals surface area contributed by atoms with Gasteiger partial charge in [0.2, 0.25) is 0 Å². The number of nitrogens with one attached hydrogen (secondary N) is 1. The van der Waals surface area contributed by atoms with Crippen molar-refractivity contribution in [3.05, 3.63) is 80.7 Å². The van der Waals surface area contributed by atoms with E-state index < -0.39 is 0 Å². The number of hydrogen-bond acceptors (Lipinski definition) is 3. The van der Waals surface area contributed by atoms with Crippen LogP contribution in [0.5, 0.6) is 5.75 Å². The maximum atomic E-state index is 5.36. The van der Waals surface area contributed by atoms with E-state index in [-0.39, 0.29) is 0 Å². The molecular weight excluding hydrogens is 437 g/mol. The van der Waals surface area contributed by atoms with Gasteiger partial charge in [0, 0.05) is 31.8 Å². The first-order valence-corrected chi connectivity index (χ1v) is 9.50. The van der Waals surface area contributed by atoms with Crippen LogP contribution in [0.3, 0.4) is 0 Å². The van der Waals surface area contributed by atoms with Crippen molar-refractivity contribution in [3.63, 3.8) is 0 Å². The Morgan fingerprint density at radius 3 is 2.58 bits per heavy atom. The van der Waals surface area contributed by atoms with E-state index in [1.165, 1.54) is 20.6 Å². The average Bonchev–Trinajstić information content (AvgIpc) is 2.93. The molecule has 0 radical (unpaired) electrons. The zero-order chi connectivity index (χ0) is 18.5. The van der Waals surface area contributed by atoms with E-state index in [1.54, 1.807) is 7.11 Å². The second kappa shape index (κ2) is 8.40. The molecule has 0 spiro atoms. The van der Waals surface area contributed by atoms with Crippen molar-refractivity contribution < 1.29 is 4.74 Å². The summed E-state index contributed by atoms with van der Waals surface area (Å²) >= 11 is 2.32. The molecule has 0 amide bonds. The summed E-state index contributed by atoms with van der Waals surface area (Å²) in [6.07, 6.45) is 1.88. The van der Waals surface area contributed by atoms with E-state index in [4.69, 9.17) is 4.74 Å². The van der Waals surface area contributed by atoms with Crippen LogP contribution in [0.2, 0.25) is 0 Å². The zero-order valence-corrected chi connectivity index (χ0v) is 17.3. The molecule has 134 valence electrons. The number of hydrazone groups is 1. The van der Waals surface area contributed by atoms with Crippen LogP contribution in [-0.4, -0.2) is 17.9 Å². The average molecular weight is 459 g/mol. The van der Waals surface area contributed by atoms with Gasteiger partial charge < -0.3 is 14.7 Å². The standard InChI is InChI=1S/C21H22IN3O/c1-15-12-18(16(2)25(15)20-10-8-19(22)9-11-20)14-24-23-13-17-6-4-5-7-21(17)26-3/h4-12,14,23H,13H2,1-3H3/b24-14+. The Kier molecular flexibility index (Phi) is 5.98. The molecule has 3 rings (SSSR count). The van der Waals surface area contributed by atoms with Crippen LogP contribution in [0.15, 0.2) is 59.7 Å². The molecule has 0 saturated carbocycles. The van der Waals surface area contributed by atoms with Gasteiger partial charge >= 0.3 is 0 Å². The molecule has 3 aromatic rings. The van der Waals surface area contributed by atoms with Crippen molar-refractivity contribution >= 4 is 28.8 Å². The fraction of sp³-hybridized carbons (Fsp3) is 0.190. The highest BCUT2D eigenvalue weighted by atomic mass is 127. The Morgan fingerprint density at radius 1 is 1.12 bits per heavy atom. The second-order valence-corrected chi connectivity index (χ2v) is 7.29. The van der Waals surface area contributed by atoms with E-state index in [1.807, 2.05) is 30.5 Å². The Hall–Kier alpha value is -2.28. The summed E-state index contributed by atoms with van der Waals surface area (Å²) < 4.78 is 8.84. The maximum absolute atomic E-state index is 5.36. The Bertz CT molecular complexity index is 914. The van der Waals surface area contributed by atoms with Crippen LogP contribution in [0.25, 0.3) is 5.69 Å².